The summed E-state index contributed by atoms with van der Waals surface area (Å²) in [6.45, 7) is -0.138. The summed E-state index contributed by atoms with van der Waals surface area (Å²) in [5.41, 5.74) is 1.37. The van der Waals surface area contributed by atoms with E-state index in [9.17, 15) is 4.79 Å². The van der Waals surface area contributed by atoms with Crippen molar-refractivity contribution in [2.24, 2.45) is 0 Å². The lowest BCUT2D eigenvalue weighted by Crippen LogP contribution is -2.08. The van der Waals surface area contributed by atoms with Crippen molar-refractivity contribution in [3.8, 4) is 22.9 Å². The monoisotopic (exact) mass is 422 g/mol. The quantitative estimate of drug-likeness (QED) is 0.523. The number of hydrogen-bond acceptors (Lipinski definition) is 7. The second-order valence-corrected chi connectivity index (χ2v) is 6.48. The van der Waals surface area contributed by atoms with Crippen molar-refractivity contribution in [2.45, 2.75) is 13.0 Å². The topological polar surface area (TPSA) is 83.7 Å². The number of ether oxygens (including phenoxy) is 3. The number of benzene rings is 2. The molecule has 7 nitrogen and oxygen atoms in total. The number of rotatable bonds is 7. The van der Waals surface area contributed by atoms with Crippen LogP contribution in [-0.4, -0.2) is 30.3 Å². The molecule has 0 amide bonds. The van der Waals surface area contributed by atoms with E-state index in [0.29, 0.717) is 38.5 Å². The number of nitrogens with zero attached hydrogens (tertiary/aromatic N) is 2. The van der Waals surface area contributed by atoms with Gasteiger partial charge in [0.25, 0.3) is 5.89 Å². The van der Waals surface area contributed by atoms with Gasteiger partial charge in [-0.3, -0.25) is 4.79 Å². The Kier molecular flexibility index (Phi) is 6.38. The van der Waals surface area contributed by atoms with E-state index < -0.39 is 5.97 Å². The Morgan fingerprint density at radius 3 is 2.54 bits per heavy atom. The Morgan fingerprint density at radius 2 is 1.82 bits per heavy atom. The molecule has 0 aliphatic rings. The Labute approximate surface area is 171 Å². The molecule has 0 aliphatic carbocycles. The van der Waals surface area contributed by atoms with Gasteiger partial charge in [0, 0.05) is 5.56 Å². The summed E-state index contributed by atoms with van der Waals surface area (Å²) in [5, 5.41) is 4.70. The van der Waals surface area contributed by atoms with Crippen molar-refractivity contribution in [3.05, 3.63) is 57.9 Å². The second-order valence-electron chi connectivity index (χ2n) is 5.67. The molecule has 0 saturated heterocycles. The van der Waals surface area contributed by atoms with Gasteiger partial charge in [0.1, 0.15) is 0 Å². The van der Waals surface area contributed by atoms with Crippen molar-refractivity contribution in [3.63, 3.8) is 0 Å². The molecule has 0 bridgehead atoms. The van der Waals surface area contributed by atoms with E-state index in [1.54, 1.807) is 43.5 Å². The molecule has 0 unspecified atom stereocenters. The largest absolute Gasteiger partial charge is 0.493 e. The van der Waals surface area contributed by atoms with E-state index in [0.717, 1.165) is 0 Å². The van der Waals surface area contributed by atoms with Gasteiger partial charge in [-0.15, -0.1) is 0 Å². The molecule has 0 atom stereocenters. The van der Waals surface area contributed by atoms with Crippen LogP contribution in [0.3, 0.4) is 0 Å². The van der Waals surface area contributed by atoms with Crippen LogP contribution in [0.5, 0.6) is 11.5 Å². The predicted octanol–water partition coefficient (Wildman–Crippen LogP) is 4.35. The van der Waals surface area contributed by atoms with Crippen LogP contribution in [0.25, 0.3) is 11.4 Å². The highest BCUT2D eigenvalue weighted by molar-refractivity contribution is 6.42. The minimum absolute atomic E-state index is 0.0492. The molecule has 146 valence electrons. The number of halogens is 2. The third-order valence-corrected chi connectivity index (χ3v) is 4.54. The van der Waals surface area contributed by atoms with Crippen molar-refractivity contribution in [1.29, 1.82) is 0 Å². The van der Waals surface area contributed by atoms with Crippen LogP contribution in [0.15, 0.2) is 40.9 Å². The van der Waals surface area contributed by atoms with Gasteiger partial charge in [0.2, 0.25) is 5.82 Å². The molecule has 28 heavy (non-hydrogen) atoms. The number of hydrogen-bond donors (Lipinski definition) is 0. The molecule has 0 aliphatic heterocycles. The van der Waals surface area contributed by atoms with Gasteiger partial charge in [-0.1, -0.05) is 34.4 Å². The molecule has 0 radical (unpaired) electrons. The molecule has 0 spiro atoms. The van der Waals surface area contributed by atoms with Gasteiger partial charge in [0.05, 0.1) is 30.7 Å². The molecule has 1 heterocycles. The minimum Gasteiger partial charge on any atom is -0.493 e. The van der Waals surface area contributed by atoms with E-state index in [1.807, 2.05) is 0 Å². The lowest BCUT2D eigenvalue weighted by Gasteiger charge is -2.07. The maximum Gasteiger partial charge on any atom is 0.310 e. The normalized spacial score (nSPS) is 10.6. The highest BCUT2D eigenvalue weighted by atomic mass is 35.5. The van der Waals surface area contributed by atoms with Crippen molar-refractivity contribution in [1.82, 2.24) is 10.1 Å². The average Bonchev–Trinajstić information content (AvgIpc) is 3.17. The van der Waals surface area contributed by atoms with Crippen LogP contribution in [-0.2, 0) is 22.6 Å². The molecular weight excluding hydrogens is 407 g/mol. The van der Waals surface area contributed by atoms with E-state index >= 15 is 0 Å². The molecule has 9 heteroatoms. The SMILES string of the molecule is COc1ccc(-c2noc(COC(=O)Cc3ccc(Cl)c(Cl)c3)n2)cc1OC. The lowest BCUT2D eigenvalue weighted by molar-refractivity contribution is -0.144. The fourth-order valence-corrected chi connectivity index (χ4v) is 2.74. The first-order valence-corrected chi connectivity index (χ1v) is 8.90. The second kappa shape index (κ2) is 8.95. The summed E-state index contributed by atoms with van der Waals surface area (Å²) < 4.78 is 20.8. The van der Waals surface area contributed by atoms with Crippen LogP contribution in [0.2, 0.25) is 10.0 Å². The molecule has 2 aromatic carbocycles. The highest BCUT2D eigenvalue weighted by Gasteiger charge is 2.14. The van der Waals surface area contributed by atoms with Crippen LogP contribution < -0.4 is 9.47 Å². The van der Waals surface area contributed by atoms with Gasteiger partial charge < -0.3 is 18.7 Å². The van der Waals surface area contributed by atoms with Crippen LogP contribution in [0, 0.1) is 0 Å². The van der Waals surface area contributed by atoms with Crippen molar-refractivity contribution in [2.75, 3.05) is 14.2 Å². The molecule has 3 aromatic rings. The fourth-order valence-electron chi connectivity index (χ4n) is 2.42. The smallest absolute Gasteiger partial charge is 0.310 e. The summed E-state index contributed by atoms with van der Waals surface area (Å²) in [7, 11) is 3.09. The number of aromatic nitrogens is 2. The van der Waals surface area contributed by atoms with Gasteiger partial charge >= 0.3 is 5.97 Å². The summed E-state index contributed by atoms with van der Waals surface area (Å²) in [5.74, 6) is 1.19. The molecule has 0 saturated carbocycles. The molecular formula is C19H16Cl2N2O5. The summed E-state index contributed by atoms with van der Waals surface area (Å²) in [6.07, 6.45) is 0.0492. The fraction of sp³-hybridized carbons (Fsp3) is 0.211. The number of methoxy groups -OCH3 is 2. The summed E-state index contributed by atoms with van der Waals surface area (Å²) >= 11 is 11.8. The zero-order valence-electron chi connectivity index (χ0n) is 15.1. The lowest BCUT2D eigenvalue weighted by atomic mass is 10.1. The van der Waals surface area contributed by atoms with Gasteiger partial charge in [-0.25, -0.2) is 0 Å². The first-order chi connectivity index (χ1) is 13.5. The zero-order valence-corrected chi connectivity index (χ0v) is 16.6. The third-order valence-electron chi connectivity index (χ3n) is 3.80. The van der Waals surface area contributed by atoms with Crippen molar-refractivity contribution < 1.29 is 23.5 Å². The maximum absolute atomic E-state index is 12.0. The Morgan fingerprint density at radius 1 is 1.04 bits per heavy atom. The number of carbonyl (C=O) groups excluding carboxylic acids is 1. The Hall–Kier alpha value is -2.77. The maximum atomic E-state index is 12.0. The van der Waals surface area contributed by atoms with Crippen LogP contribution in [0.1, 0.15) is 11.5 Å². The van der Waals surface area contributed by atoms with Gasteiger partial charge in [-0.05, 0) is 35.9 Å². The molecule has 0 N–H and O–H groups in total. The first-order valence-electron chi connectivity index (χ1n) is 8.14. The van der Waals surface area contributed by atoms with Gasteiger partial charge in [-0.2, -0.15) is 4.98 Å². The number of carbonyl (C=O) groups is 1. The molecule has 1 aromatic heterocycles. The van der Waals surface area contributed by atoms with E-state index in [-0.39, 0.29) is 18.9 Å². The first kappa shape index (κ1) is 20.0. The van der Waals surface area contributed by atoms with E-state index in [2.05, 4.69) is 10.1 Å². The Bertz CT molecular complexity index is 990. The van der Waals surface area contributed by atoms with Gasteiger partial charge in [0.15, 0.2) is 18.1 Å². The molecule has 3 rings (SSSR count). The van der Waals surface area contributed by atoms with Crippen LogP contribution in [0.4, 0.5) is 0 Å². The van der Waals surface area contributed by atoms with Crippen LogP contribution >= 0.6 is 23.2 Å². The standard InChI is InChI=1S/C19H16Cl2N2O5/c1-25-15-6-4-12(9-16(15)26-2)19-22-17(28-23-19)10-27-18(24)8-11-3-5-13(20)14(21)7-11/h3-7,9H,8,10H2,1-2H3. The molecule has 0 fully saturated rings. The van der Waals surface area contributed by atoms with E-state index in [4.69, 9.17) is 41.9 Å². The average molecular weight is 423 g/mol. The predicted molar refractivity (Wildman–Crippen MR) is 103 cm³/mol. The third kappa shape index (κ3) is 4.74. The Balaban J connectivity index is 1.61. The summed E-state index contributed by atoms with van der Waals surface area (Å²) in [6, 6.07) is 10.2. The number of esters is 1. The zero-order chi connectivity index (χ0) is 20.1. The van der Waals surface area contributed by atoms with E-state index in [1.165, 1.54) is 7.11 Å². The van der Waals surface area contributed by atoms with Crippen molar-refractivity contribution >= 4 is 29.2 Å². The summed E-state index contributed by atoms with van der Waals surface area (Å²) in [4.78, 5) is 16.2. The highest BCUT2D eigenvalue weighted by Crippen LogP contribution is 2.31. The minimum atomic E-state index is -0.454.